The Bertz CT molecular complexity index is 698. The number of fused-ring (bicyclic) bond motifs is 2. The molecule has 3 nitrogen and oxygen atoms in total. The minimum absolute atomic E-state index is 0.172. The standard InChI is InChI=1S/C16H17NO2/c1-18-15-5-3-4-10-9-13-11(8-12(10)15)6-7-14(17)16(13)19-2/h3-4,6-9,14H,5,17H2,1-2H3. The summed E-state index contributed by atoms with van der Waals surface area (Å²) in [6.45, 7) is 0. The Labute approximate surface area is 112 Å². The lowest BCUT2D eigenvalue weighted by Gasteiger charge is -2.18. The highest BCUT2D eigenvalue weighted by Gasteiger charge is 2.16. The summed E-state index contributed by atoms with van der Waals surface area (Å²) in [6, 6.07) is 4.10. The van der Waals surface area contributed by atoms with E-state index in [2.05, 4.69) is 30.4 Å². The molecule has 1 aromatic carbocycles. The van der Waals surface area contributed by atoms with Gasteiger partial charge in [0.05, 0.1) is 20.3 Å². The molecular weight excluding hydrogens is 238 g/mol. The molecule has 0 bridgehead atoms. The quantitative estimate of drug-likeness (QED) is 0.856. The van der Waals surface area contributed by atoms with Crippen LogP contribution in [0.2, 0.25) is 0 Å². The van der Waals surface area contributed by atoms with Crippen molar-refractivity contribution in [1.82, 2.24) is 0 Å². The van der Waals surface area contributed by atoms with Crippen molar-refractivity contribution < 1.29 is 9.47 Å². The molecule has 3 heteroatoms. The highest BCUT2D eigenvalue weighted by molar-refractivity contribution is 5.70. The zero-order chi connectivity index (χ0) is 13.4. The molecule has 98 valence electrons. The SMILES string of the molecule is COC1=c2cc3c(cc2C=CC1)=C(OC)C(N)C=C3. The predicted molar refractivity (Wildman–Crippen MR) is 77.2 cm³/mol. The number of methoxy groups -OCH3 is 2. The predicted octanol–water partition coefficient (Wildman–Crippen LogP) is 0.967. The van der Waals surface area contributed by atoms with Gasteiger partial charge in [-0.05, 0) is 23.3 Å². The van der Waals surface area contributed by atoms with E-state index in [0.717, 1.165) is 39.5 Å². The van der Waals surface area contributed by atoms with Gasteiger partial charge in [0.15, 0.2) is 0 Å². The van der Waals surface area contributed by atoms with Crippen molar-refractivity contribution in [3.63, 3.8) is 0 Å². The van der Waals surface area contributed by atoms with Crippen LogP contribution < -0.4 is 16.2 Å². The molecule has 0 radical (unpaired) electrons. The molecule has 0 saturated heterocycles. The zero-order valence-corrected chi connectivity index (χ0v) is 11.1. The van der Waals surface area contributed by atoms with Gasteiger partial charge in [-0.15, -0.1) is 0 Å². The lowest BCUT2D eigenvalue weighted by atomic mass is 9.95. The number of benzene rings is 1. The maximum atomic E-state index is 6.04. The number of hydrogen-bond donors (Lipinski definition) is 1. The van der Waals surface area contributed by atoms with Gasteiger partial charge in [0, 0.05) is 16.9 Å². The molecule has 1 aromatic rings. The van der Waals surface area contributed by atoms with Gasteiger partial charge in [-0.1, -0.05) is 24.3 Å². The van der Waals surface area contributed by atoms with Crippen molar-refractivity contribution in [3.8, 4) is 0 Å². The first-order chi connectivity index (χ1) is 9.24. The maximum absolute atomic E-state index is 6.04. The van der Waals surface area contributed by atoms with E-state index in [-0.39, 0.29) is 6.04 Å². The number of rotatable bonds is 2. The van der Waals surface area contributed by atoms with Crippen LogP contribution in [0.1, 0.15) is 17.5 Å². The van der Waals surface area contributed by atoms with Gasteiger partial charge >= 0.3 is 0 Å². The summed E-state index contributed by atoms with van der Waals surface area (Å²) in [7, 11) is 3.39. The summed E-state index contributed by atoms with van der Waals surface area (Å²) < 4.78 is 10.9. The lowest BCUT2D eigenvalue weighted by Crippen LogP contribution is -2.32. The minimum atomic E-state index is -0.172. The van der Waals surface area contributed by atoms with E-state index in [1.54, 1.807) is 14.2 Å². The summed E-state index contributed by atoms with van der Waals surface area (Å²) in [5, 5.41) is 2.22. The van der Waals surface area contributed by atoms with Crippen LogP contribution in [-0.4, -0.2) is 20.3 Å². The van der Waals surface area contributed by atoms with Crippen LogP contribution in [-0.2, 0) is 9.47 Å². The van der Waals surface area contributed by atoms with E-state index < -0.39 is 0 Å². The van der Waals surface area contributed by atoms with Crippen LogP contribution in [0.25, 0.3) is 23.7 Å². The summed E-state index contributed by atoms with van der Waals surface area (Å²) in [5.74, 6) is 1.82. The molecule has 2 aliphatic carbocycles. The lowest BCUT2D eigenvalue weighted by molar-refractivity contribution is 0.345. The van der Waals surface area contributed by atoms with Crippen LogP contribution in [0.15, 0.2) is 24.3 Å². The summed E-state index contributed by atoms with van der Waals surface area (Å²) in [4.78, 5) is 0. The molecule has 1 atom stereocenters. The van der Waals surface area contributed by atoms with Crippen molar-refractivity contribution in [2.45, 2.75) is 12.5 Å². The van der Waals surface area contributed by atoms with E-state index in [1.165, 1.54) is 0 Å². The smallest absolute Gasteiger partial charge is 0.124 e. The topological polar surface area (TPSA) is 44.5 Å². The summed E-state index contributed by atoms with van der Waals surface area (Å²) in [6.07, 6.45) is 9.08. The second-order valence-electron chi connectivity index (χ2n) is 4.71. The Morgan fingerprint density at radius 1 is 1.05 bits per heavy atom. The fourth-order valence-electron chi connectivity index (χ4n) is 2.68. The third-order valence-corrected chi connectivity index (χ3v) is 3.64. The molecule has 0 spiro atoms. The number of ether oxygens (including phenoxy) is 2. The van der Waals surface area contributed by atoms with E-state index in [0.29, 0.717) is 0 Å². The van der Waals surface area contributed by atoms with Crippen LogP contribution in [0.5, 0.6) is 0 Å². The summed E-state index contributed by atoms with van der Waals surface area (Å²) >= 11 is 0. The first-order valence-electron chi connectivity index (χ1n) is 6.34. The number of nitrogens with two attached hydrogens (primary N) is 1. The monoisotopic (exact) mass is 255 g/mol. The molecular formula is C16H17NO2. The molecule has 0 fully saturated rings. The van der Waals surface area contributed by atoms with Gasteiger partial charge in [-0.2, -0.15) is 0 Å². The Balaban J connectivity index is 2.37. The average molecular weight is 255 g/mol. The second kappa shape index (κ2) is 4.59. The molecule has 0 heterocycles. The molecule has 2 N–H and O–H groups in total. The largest absolute Gasteiger partial charge is 0.500 e. The van der Waals surface area contributed by atoms with Gasteiger partial charge in [-0.25, -0.2) is 0 Å². The fraction of sp³-hybridized carbons (Fsp3) is 0.250. The Hall–Kier alpha value is -2.00. The van der Waals surface area contributed by atoms with Crippen molar-refractivity contribution in [3.05, 3.63) is 45.8 Å². The molecule has 0 saturated carbocycles. The summed E-state index contributed by atoms with van der Waals surface area (Å²) in [5.41, 5.74) is 8.32. The Kier molecular flexibility index (Phi) is 2.91. The highest BCUT2D eigenvalue weighted by Crippen LogP contribution is 2.15. The zero-order valence-electron chi connectivity index (χ0n) is 11.1. The van der Waals surface area contributed by atoms with Gasteiger partial charge in [0.2, 0.25) is 0 Å². The van der Waals surface area contributed by atoms with Crippen LogP contribution in [0.4, 0.5) is 0 Å². The fourth-order valence-corrected chi connectivity index (χ4v) is 2.68. The first kappa shape index (κ1) is 12.1. The van der Waals surface area contributed by atoms with Crippen molar-refractivity contribution >= 4 is 23.7 Å². The van der Waals surface area contributed by atoms with Gasteiger partial charge in [-0.3, -0.25) is 0 Å². The Morgan fingerprint density at radius 2 is 1.79 bits per heavy atom. The molecule has 0 aliphatic heterocycles. The van der Waals surface area contributed by atoms with E-state index in [9.17, 15) is 0 Å². The van der Waals surface area contributed by atoms with Crippen molar-refractivity contribution in [1.29, 1.82) is 0 Å². The van der Waals surface area contributed by atoms with E-state index >= 15 is 0 Å². The van der Waals surface area contributed by atoms with E-state index in [1.807, 2.05) is 6.08 Å². The molecule has 0 aromatic heterocycles. The minimum Gasteiger partial charge on any atom is -0.500 e. The normalized spacial score (nSPS) is 20.1. The third-order valence-electron chi connectivity index (χ3n) is 3.64. The van der Waals surface area contributed by atoms with Crippen molar-refractivity contribution in [2.24, 2.45) is 5.73 Å². The van der Waals surface area contributed by atoms with Crippen LogP contribution in [0.3, 0.4) is 0 Å². The maximum Gasteiger partial charge on any atom is 0.124 e. The third kappa shape index (κ3) is 1.87. The van der Waals surface area contributed by atoms with E-state index in [4.69, 9.17) is 15.2 Å². The Morgan fingerprint density at radius 3 is 2.53 bits per heavy atom. The molecule has 0 amide bonds. The molecule has 1 unspecified atom stereocenters. The molecule has 2 aliphatic rings. The number of hydrogen-bond acceptors (Lipinski definition) is 3. The van der Waals surface area contributed by atoms with Gasteiger partial charge in [0.1, 0.15) is 11.5 Å². The van der Waals surface area contributed by atoms with Crippen LogP contribution >= 0.6 is 0 Å². The average Bonchev–Trinajstić information content (AvgIpc) is 2.44. The molecule has 3 rings (SSSR count). The molecule has 19 heavy (non-hydrogen) atoms. The van der Waals surface area contributed by atoms with Crippen molar-refractivity contribution in [2.75, 3.05) is 14.2 Å². The first-order valence-corrected chi connectivity index (χ1v) is 6.34. The van der Waals surface area contributed by atoms with Crippen LogP contribution in [0, 0.1) is 0 Å². The van der Waals surface area contributed by atoms with Gasteiger partial charge in [0.25, 0.3) is 0 Å². The van der Waals surface area contributed by atoms with Gasteiger partial charge < -0.3 is 15.2 Å². The second-order valence-corrected chi connectivity index (χ2v) is 4.71. The highest BCUT2D eigenvalue weighted by atomic mass is 16.5.